The minimum Gasteiger partial charge on any atom is -0.370 e. The number of alkyl halides is 3. The van der Waals surface area contributed by atoms with Gasteiger partial charge in [0.1, 0.15) is 12.6 Å². The van der Waals surface area contributed by atoms with Gasteiger partial charge in [0.05, 0.1) is 17.9 Å². The van der Waals surface area contributed by atoms with E-state index in [2.05, 4.69) is 10.2 Å². The van der Waals surface area contributed by atoms with E-state index < -0.39 is 29.6 Å². The Morgan fingerprint density at radius 2 is 1.97 bits per heavy atom. The predicted molar refractivity (Wildman–Crippen MR) is 118 cm³/mol. The summed E-state index contributed by atoms with van der Waals surface area (Å²) in [7, 11) is 0. The second-order valence-corrected chi connectivity index (χ2v) is 9.14. The number of ether oxygens (including phenoxy) is 1. The molecule has 4 rings (SSSR count). The number of benzene rings is 1. The molecule has 33 heavy (non-hydrogen) atoms. The van der Waals surface area contributed by atoms with Gasteiger partial charge in [0.25, 0.3) is 5.91 Å². The number of hydrogen-bond donors (Lipinski definition) is 2. The monoisotopic (exact) mass is 468 g/mol. The van der Waals surface area contributed by atoms with Gasteiger partial charge >= 0.3 is 6.18 Å². The summed E-state index contributed by atoms with van der Waals surface area (Å²) in [4.78, 5) is 28.6. The standard InChI is InChI=1S/C23H31F3N4O3/c24-23(25,26)18-11-17(29-9-10-33-14-21(29)31)7-8-19(18)28-22(32)20(12-27)30(16-5-2-6-16)13-15-3-1-4-15/h7-8,11,15-16,20H,1-6,9-10,12-14,27H2,(H,28,32)/t20-/m1/s1. The quantitative estimate of drug-likeness (QED) is 0.613. The van der Waals surface area contributed by atoms with Gasteiger partial charge in [0.2, 0.25) is 5.91 Å². The molecular formula is C23H31F3N4O3. The molecule has 3 N–H and O–H groups in total. The largest absolute Gasteiger partial charge is 0.418 e. The first-order valence-corrected chi connectivity index (χ1v) is 11.6. The van der Waals surface area contributed by atoms with Crippen molar-refractivity contribution in [2.45, 2.75) is 56.8 Å². The zero-order valence-corrected chi connectivity index (χ0v) is 18.6. The van der Waals surface area contributed by atoms with Crippen LogP contribution in [0.4, 0.5) is 24.5 Å². The van der Waals surface area contributed by atoms with Gasteiger partial charge in [-0.25, -0.2) is 0 Å². The molecule has 1 aromatic carbocycles. The van der Waals surface area contributed by atoms with Crippen molar-refractivity contribution in [3.63, 3.8) is 0 Å². The van der Waals surface area contributed by atoms with Crippen LogP contribution in [-0.2, 0) is 20.5 Å². The first-order valence-electron chi connectivity index (χ1n) is 11.6. The number of halogens is 3. The third-order valence-corrected chi connectivity index (χ3v) is 7.03. The van der Waals surface area contributed by atoms with Crippen LogP contribution < -0.4 is 16.0 Å². The van der Waals surface area contributed by atoms with Crippen LogP contribution in [0.1, 0.15) is 44.1 Å². The molecule has 1 atom stereocenters. The fourth-order valence-electron chi connectivity index (χ4n) is 4.67. The predicted octanol–water partition coefficient (Wildman–Crippen LogP) is 2.99. The highest BCUT2D eigenvalue weighted by molar-refractivity contribution is 5.98. The van der Waals surface area contributed by atoms with Crippen molar-refractivity contribution in [3.8, 4) is 0 Å². The van der Waals surface area contributed by atoms with Crippen LogP contribution in [0.15, 0.2) is 18.2 Å². The lowest BCUT2D eigenvalue weighted by Crippen LogP contribution is -2.56. The third kappa shape index (κ3) is 5.33. The van der Waals surface area contributed by atoms with Crippen LogP contribution >= 0.6 is 0 Å². The Bertz CT molecular complexity index is 871. The average Bonchev–Trinajstić information content (AvgIpc) is 2.69. The number of carbonyl (C=O) groups excluding carboxylic acids is 2. The average molecular weight is 469 g/mol. The van der Waals surface area contributed by atoms with E-state index in [1.165, 1.54) is 23.5 Å². The van der Waals surface area contributed by atoms with Gasteiger partial charge in [-0.15, -0.1) is 0 Å². The summed E-state index contributed by atoms with van der Waals surface area (Å²) >= 11 is 0. The molecule has 0 radical (unpaired) electrons. The summed E-state index contributed by atoms with van der Waals surface area (Å²) in [6.45, 7) is 1.05. The van der Waals surface area contributed by atoms with E-state index in [0.29, 0.717) is 5.92 Å². The Balaban J connectivity index is 1.55. The lowest BCUT2D eigenvalue weighted by atomic mass is 9.82. The topological polar surface area (TPSA) is 87.9 Å². The second-order valence-electron chi connectivity index (χ2n) is 9.14. The zero-order chi connectivity index (χ0) is 23.6. The van der Waals surface area contributed by atoms with Crippen molar-refractivity contribution in [2.24, 2.45) is 11.7 Å². The molecule has 3 aliphatic rings. The molecule has 0 bridgehead atoms. The van der Waals surface area contributed by atoms with E-state index in [9.17, 15) is 22.8 Å². The Kier molecular flexibility index (Phi) is 7.25. The molecule has 1 saturated heterocycles. The smallest absolute Gasteiger partial charge is 0.370 e. The van der Waals surface area contributed by atoms with Crippen molar-refractivity contribution < 1.29 is 27.5 Å². The molecule has 2 amide bonds. The highest BCUT2D eigenvalue weighted by Gasteiger charge is 2.39. The van der Waals surface area contributed by atoms with Gasteiger partial charge < -0.3 is 20.7 Å². The van der Waals surface area contributed by atoms with Crippen molar-refractivity contribution in [1.29, 1.82) is 0 Å². The van der Waals surface area contributed by atoms with Gasteiger partial charge in [-0.2, -0.15) is 13.2 Å². The summed E-state index contributed by atoms with van der Waals surface area (Å²) in [5.41, 5.74) is 4.78. The normalized spacial score (nSPS) is 21.0. The van der Waals surface area contributed by atoms with E-state index in [1.807, 2.05) is 0 Å². The SMILES string of the molecule is NC[C@H](C(=O)Nc1ccc(N2CCOCC2=O)cc1C(F)(F)F)N(CC1CCC1)C1CCC1. The zero-order valence-electron chi connectivity index (χ0n) is 18.6. The maximum atomic E-state index is 13.9. The van der Waals surface area contributed by atoms with Crippen molar-refractivity contribution in [2.75, 3.05) is 43.1 Å². The molecule has 0 spiro atoms. The van der Waals surface area contributed by atoms with Gasteiger partial charge in [0.15, 0.2) is 0 Å². The van der Waals surface area contributed by atoms with Crippen LogP contribution in [0.2, 0.25) is 0 Å². The third-order valence-electron chi connectivity index (χ3n) is 7.03. The van der Waals surface area contributed by atoms with Gasteiger partial charge in [-0.05, 0) is 49.8 Å². The van der Waals surface area contributed by atoms with Crippen molar-refractivity contribution in [3.05, 3.63) is 23.8 Å². The minimum absolute atomic E-state index is 0.0385. The van der Waals surface area contributed by atoms with E-state index in [-0.39, 0.29) is 43.7 Å². The second kappa shape index (κ2) is 9.99. The number of anilines is 2. The number of carbonyl (C=O) groups is 2. The molecule has 1 heterocycles. The number of nitrogens with one attached hydrogen (secondary N) is 1. The molecule has 3 fully saturated rings. The summed E-state index contributed by atoms with van der Waals surface area (Å²) < 4.78 is 46.7. The lowest BCUT2D eigenvalue weighted by molar-refractivity contribution is -0.137. The number of nitrogens with zero attached hydrogens (tertiary/aromatic N) is 2. The number of hydrogen-bond acceptors (Lipinski definition) is 5. The van der Waals surface area contributed by atoms with Crippen LogP contribution in [-0.4, -0.2) is 61.6 Å². The highest BCUT2D eigenvalue weighted by atomic mass is 19.4. The molecule has 0 aromatic heterocycles. The van der Waals surface area contributed by atoms with Crippen molar-refractivity contribution in [1.82, 2.24) is 4.90 Å². The van der Waals surface area contributed by atoms with E-state index in [4.69, 9.17) is 10.5 Å². The van der Waals surface area contributed by atoms with Gasteiger partial charge in [-0.1, -0.05) is 12.8 Å². The first kappa shape index (κ1) is 24.0. The molecule has 182 valence electrons. The minimum atomic E-state index is -4.70. The molecule has 1 aliphatic heterocycles. The molecule has 2 aliphatic carbocycles. The Morgan fingerprint density at radius 3 is 2.52 bits per heavy atom. The van der Waals surface area contributed by atoms with Crippen LogP contribution in [0.5, 0.6) is 0 Å². The maximum absolute atomic E-state index is 13.9. The van der Waals surface area contributed by atoms with Crippen LogP contribution in [0.25, 0.3) is 0 Å². The molecule has 0 unspecified atom stereocenters. The Hall–Kier alpha value is -2.17. The van der Waals surface area contributed by atoms with Crippen molar-refractivity contribution >= 4 is 23.2 Å². The number of rotatable bonds is 8. The van der Waals surface area contributed by atoms with Gasteiger partial charge in [-0.3, -0.25) is 14.5 Å². The lowest BCUT2D eigenvalue weighted by Gasteiger charge is -2.44. The van der Waals surface area contributed by atoms with Crippen LogP contribution in [0, 0.1) is 5.92 Å². The fourth-order valence-corrected chi connectivity index (χ4v) is 4.67. The highest BCUT2D eigenvalue weighted by Crippen LogP contribution is 2.38. The van der Waals surface area contributed by atoms with E-state index >= 15 is 0 Å². The van der Waals surface area contributed by atoms with E-state index in [1.54, 1.807) is 0 Å². The summed E-state index contributed by atoms with van der Waals surface area (Å²) in [6.07, 6.45) is 1.75. The molecular weight excluding hydrogens is 437 g/mol. The number of nitrogens with two attached hydrogens (primary N) is 1. The fraction of sp³-hybridized carbons (Fsp3) is 0.652. The first-order chi connectivity index (χ1) is 15.8. The van der Waals surface area contributed by atoms with Crippen LogP contribution in [0.3, 0.4) is 0 Å². The molecule has 2 saturated carbocycles. The summed E-state index contributed by atoms with van der Waals surface area (Å²) in [5.74, 6) is -0.408. The number of amides is 2. The molecule has 1 aromatic rings. The maximum Gasteiger partial charge on any atom is 0.418 e. The molecule has 7 nitrogen and oxygen atoms in total. The summed E-state index contributed by atoms with van der Waals surface area (Å²) in [6, 6.07) is 3.11. The summed E-state index contributed by atoms with van der Waals surface area (Å²) in [5, 5.41) is 2.49. The number of morpholine rings is 1. The Morgan fingerprint density at radius 1 is 1.24 bits per heavy atom. The van der Waals surface area contributed by atoms with Gasteiger partial charge in [0, 0.05) is 31.4 Å². The Labute approximate surface area is 191 Å². The van der Waals surface area contributed by atoms with E-state index in [0.717, 1.165) is 44.7 Å². The molecule has 10 heteroatoms.